The lowest BCUT2D eigenvalue weighted by molar-refractivity contribution is 0.427. The van der Waals surface area contributed by atoms with Crippen molar-refractivity contribution in [3.63, 3.8) is 0 Å². The highest BCUT2D eigenvalue weighted by molar-refractivity contribution is 7.15. The summed E-state index contributed by atoms with van der Waals surface area (Å²) in [5.74, 6) is 0.742. The molecule has 0 spiro atoms. The number of hydrogen-bond donors (Lipinski definition) is 0. The zero-order chi connectivity index (χ0) is 11.0. The summed E-state index contributed by atoms with van der Waals surface area (Å²) in [5, 5.41) is 11.1. The van der Waals surface area contributed by atoms with E-state index in [1.165, 1.54) is 50.0 Å². The molecule has 2 aliphatic carbocycles. The molecule has 0 amide bonds. The zero-order valence-corrected chi connectivity index (χ0v) is 10.7. The van der Waals surface area contributed by atoms with Gasteiger partial charge in [-0.25, -0.2) is 0 Å². The molecule has 0 saturated heterocycles. The minimum Gasteiger partial charge on any atom is -0.347 e. The fourth-order valence-corrected chi connectivity index (χ4v) is 3.53. The molecule has 0 atom stereocenters. The molecule has 16 heavy (non-hydrogen) atoms. The highest BCUT2D eigenvalue weighted by atomic mass is 32.1. The predicted octanol–water partition coefficient (Wildman–Crippen LogP) is 3.18. The Balaban J connectivity index is 1.69. The summed E-state index contributed by atoms with van der Waals surface area (Å²) in [4.78, 5) is 2.36. The molecule has 1 aromatic heterocycles. The molecule has 0 aromatic carbocycles. The van der Waals surface area contributed by atoms with E-state index in [2.05, 4.69) is 22.1 Å². The maximum atomic E-state index is 4.35. The summed E-state index contributed by atoms with van der Waals surface area (Å²) in [6.45, 7) is 0. The maximum Gasteiger partial charge on any atom is 0.208 e. The Kier molecular flexibility index (Phi) is 2.84. The van der Waals surface area contributed by atoms with Gasteiger partial charge in [0.05, 0.1) is 0 Å². The molecular formula is C12H19N3S. The molecule has 2 saturated carbocycles. The van der Waals surface area contributed by atoms with Crippen molar-refractivity contribution < 1.29 is 0 Å². The number of anilines is 1. The lowest BCUT2D eigenvalue weighted by Gasteiger charge is -2.30. The molecule has 2 aliphatic rings. The molecule has 3 nitrogen and oxygen atoms in total. The first-order valence-corrected chi connectivity index (χ1v) is 7.22. The fraction of sp³-hybridized carbons (Fsp3) is 0.833. The first-order valence-electron chi connectivity index (χ1n) is 6.41. The molecule has 0 bridgehead atoms. The Hall–Kier alpha value is -0.640. The van der Waals surface area contributed by atoms with E-state index >= 15 is 0 Å². The molecule has 2 fully saturated rings. The van der Waals surface area contributed by atoms with Crippen LogP contribution in [0.25, 0.3) is 0 Å². The van der Waals surface area contributed by atoms with E-state index in [9.17, 15) is 0 Å². The maximum absolute atomic E-state index is 4.35. The van der Waals surface area contributed by atoms with E-state index in [0.29, 0.717) is 6.04 Å². The van der Waals surface area contributed by atoms with E-state index in [0.717, 1.165) is 11.0 Å². The van der Waals surface area contributed by atoms with Crippen LogP contribution >= 0.6 is 11.3 Å². The monoisotopic (exact) mass is 237 g/mol. The second kappa shape index (κ2) is 4.32. The van der Waals surface area contributed by atoms with Crippen LogP contribution in [-0.2, 0) is 0 Å². The van der Waals surface area contributed by atoms with Crippen LogP contribution < -0.4 is 4.90 Å². The van der Waals surface area contributed by atoms with Crippen molar-refractivity contribution in [2.24, 2.45) is 0 Å². The normalized spacial score (nSPS) is 22.3. The molecule has 3 rings (SSSR count). The molecule has 0 radical (unpaired) electrons. The highest BCUT2D eigenvalue weighted by Crippen LogP contribution is 2.42. The summed E-state index contributed by atoms with van der Waals surface area (Å²) < 4.78 is 0. The lowest BCUT2D eigenvalue weighted by atomic mass is 9.95. The van der Waals surface area contributed by atoms with Crippen LogP contribution in [0.15, 0.2) is 0 Å². The van der Waals surface area contributed by atoms with Gasteiger partial charge in [0.2, 0.25) is 5.13 Å². The highest BCUT2D eigenvalue weighted by Gasteiger charge is 2.29. The molecule has 4 heteroatoms. The molecular weight excluding hydrogens is 218 g/mol. The third kappa shape index (κ3) is 2.08. The molecule has 0 unspecified atom stereocenters. The number of hydrogen-bond acceptors (Lipinski definition) is 4. The van der Waals surface area contributed by atoms with Gasteiger partial charge in [0.15, 0.2) is 0 Å². The molecule has 1 heterocycles. The summed E-state index contributed by atoms with van der Waals surface area (Å²) in [7, 11) is 2.19. The Morgan fingerprint density at radius 2 is 1.81 bits per heavy atom. The minimum absolute atomic E-state index is 0.703. The van der Waals surface area contributed by atoms with Crippen LogP contribution in [-0.4, -0.2) is 23.3 Å². The quantitative estimate of drug-likeness (QED) is 0.808. The largest absolute Gasteiger partial charge is 0.347 e. The van der Waals surface area contributed by atoms with Crippen LogP contribution in [0.1, 0.15) is 55.9 Å². The number of aromatic nitrogens is 2. The summed E-state index contributed by atoms with van der Waals surface area (Å²) in [5.41, 5.74) is 0. The second-order valence-corrected chi connectivity index (χ2v) is 6.09. The summed E-state index contributed by atoms with van der Waals surface area (Å²) in [6.07, 6.45) is 9.47. The molecule has 0 aliphatic heterocycles. The molecule has 0 N–H and O–H groups in total. The van der Waals surface area contributed by atoms with E-state index in [-0.39, 0.29) is 0 Å². The van der Waals surface area contributed by atoms with Crippen molar-refractivity contribution in [2.45, 2.75) is 56.9 Å². The summed E-state index contributed by atoms with van der Waals surface area (Å²) in [6, 6.07) is 0.703. The van der Waals surface area contributed by atoms with Gasteiger partial charge < -0.3 is 4.90 Å². The fourth-order valence-electron chi connectivity index (χ4n) is 2.49. The van der Waals surface area contributed by atoms with Crippen molar-refractivity contribution in [1.29, 1.82) is 0 Å². The number of nitrogens with zero attached hydrogens (tertiary/aromatic N) is 3. The predicted molar refractivity (Wildman–Crippen MR) is 67.2 cm³/mol. The van der Waals surface area contributed by atoms with Gasteiger partial charge in [0.1, 0.15) is 5.01 Å². The first-order chi connectivity index (χ1) is 7.84. The Bertz CT molecular complexity index is 353. The van der Waals surface area contributed by atoms with E-state index in [4.69, 9.17) is 0 Å². The molecule has 1 aromatic rings. The summed E-state index contributed by atoms with van der Waals surface area (Å²) >= 11 is 1.81. The van der Waals surface area contributed by atoms with Crippen molar-refractivity contribution >= 4 is 16.5 Å². The van der Waals surface area contributed by atoms with Gasteiger partial charge in [0, 0.05) is 19.0 Å². The van der Waals surface area contributed by atoms with Crippen molar-refractivity contribution in [3.8, 4) is 0 Å². The lowest BCUT2D eigenvalue weighted by Crippen LogP contribution is -2.33. The average molecular weight is 237 g/mol. The van der Waals surface area contributed by atoms with Crippen molar-refractivity contribution in [2.75, 3.05) is 11.9 Å². The third-order valence-corrected chi connectivity index (χ3v) is 4.96. The Morgan fingerprint density at radius 1 is 1.06 bits per heavy atom. The van der Waals surface area contributed by atoms with Gasteiger partial charge in [-0.2, -0.15) is 0 Å². The Morgan fingerprint density at radius 3 is 2.50 bits per heavy atom. The van der Waals surface area contributed by atoms with Crippen LogP contribution in [0.4, 0.5) is 5.13 Å². The molecule has 88 valence electrons. The van der Waals surface area contributed by atoms with Gasteiger partial charge in [-0.05, 0) is 25.7 Å². The SMILES string of the molecule is CN(c1nnc(C2CC2)s1)C1CCCCC1. The van der Waals surface area contributed by atoms with Gasteiger partial charge in [-0.1, -0.05) is 30.6 Å². The first kappa shape index (κ1) is 10.5. The van der Waals surface area contributed by atoms with Crippen LogP contribution in [0.5, 0.6) is 0 Å². The van der Waals surface area contributed by atoms with Gasteiger partial charge >= 0.3 is 0 Å². The topological polar surface area (TPSA) is 29.0 Å². The van der Waals surface area contributed by atoms with Crippen LogP contribution in [0.3, 0.4) is 0 Å². The van der Waals surface area contributed by atoms with Crippen molar-refractivity contribution in [1.82, 2.24) is 10.2 Å². The van der Waals surface area contributed by atoms with E-state index in [1.54, 1.807) is 0 Å². The standard InChI is InChI=1S/C12H19N3S/c1-15(10-5-3-2-4-6-10)12-14-13-11(16-12)9-7-8-9/h9-10H,2-8H2,1H3. The number of rotatable bonds is 3. The minimum atomic E-state index is 0.703. The van der Waals surface area contributed by atoms with Crippen LogP contribution in [0.2, 0.25) is 0 Å². The Labute approximate surface area is 101 Å². The second-order valence-electron chi connectivity index (χ2n) is 5.10. The average Bonchev–Trinajstić information content (AvgIpc) is 3.08. The zero-order valence-electron chi connectivity index (χ0n) is 9.85. The van der Waals surface area contributed by atoms with Crippen molar-refractivity contribution in [3.05, 3.63) is 5.01 Å². The smallest absolute Gasteiger partial charge is 0.208 e. The third-order valence-electron chi connectivity index (χ3n) is 3.78. The van der Waals surface area contributed by atoms with Crippen LogP contribution in [0, 0.1) is 0 Å². The van der Waals surface area contributed by atoms with E-state index in [1.807, 2.05) is 11.3 Å². The van der Waals surface area contributed by atoms with Gasteiger partial charge in [-0.15, -0.1) is 10.2 Å². The van der Waals surface area contributed by atoms with Gasteiger partial charge in [-0.3, -0.25) is 0 Å². The van der Waals surface area contributed by atoms with E-state index < -0.39 is 0 Å². The van der Waals surface area contributed by atoms with Gasteiger partial charge in [0.25, 0.3) is 0 Å².